The van der Waals surface area contributed by atoms with Crippen molar-refractivity contribution in [2.24, 2.45) is 0 Å². The lowest BCUT2D eigenvalue weighted by Crippen LogP contribution is -2.58. The van der Waals surface area contributed by atoms with E-state index in [9.17, 15) is 14.4 Å². The van der Waals surface area contributed by atoms with Gasteiger partial charge in [0.25, 0.3) is 0 Å². The highest BCUT2D eigenvalue weighted by Crippen LogP contribution is 2.08. The predicted molar refractivity (Wildman–Crippen MR) is 86.8 cm³/mol. The van der Waals surface area contributed by atoms with Crippen molar-refractivity contribution in [3.63, 3.8) is 0 Å². The van der Waals surface area contributed by atoms with Crippen molar-refractivity contribution in [2.45, 2.75) is 58.7 Å². The van der Waals surface area contributed by atoms with Gasteiger partial charge in [0.05, 0.1) is 7.11 Å². The van der Waals surface area contributed by atoms with E-state index in [1.807, 2.05) is 0 Å². The highest BCUT2D eigenvalue weighted by atomic mass is 16.6. The first kappa shape index (κ1) is 21.6. The van der Waals surface area contributed by atoms with Gasteiger partial charge in [-0.25, -0.2) is 9.59 Å². The van der Waals surface area contributed by atoms with Crippen molar-refractivity contribution in [3.8, 4) is 12.0 Å². The van der Waals surface area contributed by atoms with Crippen LogP contribution in [0.1, 0.15) is 41.5 Å². The van der Waals surface area contributed by atoms with E-state index in [1.54, 1.807) is 27.7 Å². The maximum atomic E-state index is 12.4. The standard InChI is InChI=1S/C16H26N2O6/c1-8-9-23-10-11(17-14(21)24-15(2,3)4)12(19)18-16(5,6)13(20)22-7/h11H,10H2,1-7H3,(H,17,21)(H,18,19)/t11-/m0/s1. The van der Waals surface area contributed by atoms with Crippen LogP contribution in [0.2, 0.25) is 0 Å². The zero-order chi connectivity index (χ0) is 19.0. The second-order valence-corrected chi connectivity index (χ2v) is 6.47. The monoisotopic (exact) mass is 342 g/mol. The van der Waals surface area contributed by atoms with Gasteiger partial charge in [-0.05, 0) is 34.6 Å². The number of esters is 1. The molecular formula is C16H26N2O6. The summed E-state index contributed by atoms with van der Waals surface area (Å²) in [6.45, 7) is 9.41. The molecule has 2 N–H and O–H groups in total. The van der Waals surface area contributed by atoms with Gasteiger partial charge in [-0.15, -0.1) is 0 Å². The maximum Gasteiger partial charge on any atom is 0.408 e. The molecule has 0 saturated carbocycles. The van der Waals surface area contributed by atoms with E-state index in [4.69, 9.17) is 9.47 Å². The third-order valence-electron chi connectivity index (χ3n) is 2.56. The largest absolute Gasteiger partial charge is 0.467 e. The van der Waals surface area contributed by atoms with Gasteiger partial charge in [0.2, 0.25) is 5.91 Å². The van der Waals surface area contributed by atoms with Crippen LogP contribution in [-0.4, -0.2) is 48.9 Å². The number of nitrogens with one attached hydrogen (secondary N) is 2. The van der Waals surface area contributed by atoms with E-state index in [0.717, 1.165) is 0 Å². The summed E-state index contributed by atoms with van der Waals surface area (Å²) in [5, 5.41) is 4.88. The summed E-state index contributed by atoms with van der Waals surface area (Å²) in [7, 11) is 1.21. The number of hydrogen-bond acceptors (Lipinski definition) is 6. The molecule has 0 unspecified atom stereocenters. The molecule has 0 aliphatic carbocycles. The number of amides is 2. The minimum Gasteiger partial charge on any atom is -0.467 e. The highest BCUT2D eigenvalue weighted by molar-refractivity contribution is 5.91. The van der Waals surface area contributed by atoms with Crippen molar-refractivity contribution < 1.29 is 28.6 Å². The van der Waals surface area contributed by atoms with Gasteiger partial charge in [0.1, 0.15) is 29.9 Å². The number of carbonyl (C=O) groups is 3. The Morgan fingerprint density at radius 2 is 1.71 bits per heavy atom. The quantitative estimate of drug-likeness (QED) is 0.550. The van der Waals surface area contributed by atoms with Crippen LogP contribution in [0.25, 0.3) is 0 Å². The average Bonchev–Trinajstić information content (AvgIpc) is 2.42. The number of alkyl carbamates (subject to hydrolysis) is 1. The summed E-state index contributed by atoms with van der Waals surface area (Å²) in [5.41, 5.74) is -1.99. The zero-order valence-corrected chi connectivity index (χ0v) is 15.2. The van der Waals surface area contributed by atoms with E-state index in [-0.39, 0.29) is 6.61 Å². The highest BCUT2D eigenvalue weighted by Gasteiger charge is 2.34. The molecule has 0 radical (unpaired) electrons. The molecule has 2 amide bonds. The van der Waals surface area contributed by atoms with Crippen LogP contribution < -0.4 is 10.6 Å². The summed E-state index contributed by atoms with van der Waals surface area (Å²) < 4.78 is 14.7. The second-order valence-electron chi connectivity index (χ2n) is 6.47. The Morgan fingerprint density at radius 1 is 1.12 bits per heavy atom. The van der Waals surface area contributed by atoms with Crippen molar-refractivity contribution in [3.05, 3.63) is 0 Å². The van der Waals surface area contributed by atoms with Crippen molar-refractivity contribution in [1.82, 2.24) is 10.6 Å². The molecule has 0 fully saturated rings. The molecule has 0 saturated heterocycles. The molecule has 24 heavy (non-hydrogen) atoms. The van der Waals surface area contributed by atoms with Crippen LogP contribution in [0.5, 0.6) is 0 Å². The SMILES string of the molecule is CC#COC[C@H](NC(=O)OC(C)(C)C)C(=O)NC(C)(C)C(=O)OC. The first-order chi connectivity index (χ1) is 10.9. The normalized spacial score (nSPS) is 12.1. The fourth-order valence-corrected chi connectivity index (χ4v) is 1.53. The minimum atomic E-state index is -1.27. The van der Waals surface area contributed by atoms with Gasteiger partial charge in [-0.1, -0.05) is 5.92 Å². The van der Waals surface area contributed by atoms with E-state index >= 15 is 0 Å². The minimum absolute atomic E-state index is 0.205. The van der Waals surface area contributed by atoms with Gasteiger partial charge in [-0.2, -0.15) is 0 Å². The first-order valence-corrected chi connectivity index (χ1v) is 7.36. The second kappa shape index (κ2) is 9.01. The third kappa shape index (κ3) is 8.27. The van der Waals surface area contributed by atoms with E-state index in [0.29, 0.717) is 0 Å². The third-order valence-corrected chi connectivity index (χ3v) is 2.56. The van der Waals surface area contributed by atoms with Crippen LogP contribution in [0.15, 0.2) is 0 Å². The van der Waals surface area contributed by atoms with Crippen LogP contribution in [0.4, 0.5) is 4.79 Å². The summed E-state index contributed by atoms with van der Waals surface area (Å²) in [6, 6.07) is -1.09. The number of ether oxygens (including phenoxy) is 3. The van der Waals surface area contributed by atoms with E-state index in [2.05, 4.69) is 27.4 Å². The smallest absolute Gasteiger partial charge is 0.408 e. The molecule has 0 spiro atoms. The van der Waals surface area contributed by atoms with Crippen molar-refractivity contribution >= 4 is 18.0 Å². The molecule has 0 bridgehead atoms. The van der Waals surface area contributed by atoms with E-state index < -0.39 is 35.2 Å². The Morgan fingerprint density at radius 3 is 2.17 bits per heavy atom. The Bertz CT molecular complexity index is 525. The van der Waals surface area contributed by atoms with Gasteiger partial charge in [0.15, 0.2) is 0 Å². The number of rotatable bonds is 6. The van der Waals surface area contributed by atoms with Crippen LogP contribution >= 0.6 is 0 Å². The molecule has 0 aromatic heterocycles. The Balaban J connectivity index is 5.03. The molecule has 0 rings (SSSR count). The van der Waals surface area contributed by atoms with Crippen LogP contribution in [0.3, 0.4) is 0 Å². The molecule has 0 aromatic carbocycles. The average molecular weight is 342 g/mol. The van der Waals surface area contributed by atoms with Gasteiger partial charge < -0.3 is 24.8 Å². The predicted octanol–water partition coefficient (Wildman–Crippen LogP) is 0.945. The number of hydrogen-bond donors (Lipinski definition) is 2. The Hall–Kier alpha value is -2.43. The lowest BCUT2D eigenvalue weighted by Gasteiger charge is -2.27. The summed E-state index contributed by atoms with van der Waals surface area (Å²) in [4.78, 5) is 35.9. The molecule has 0 aromatic rings. The van der Waals surface area contributed by atoms with Crippen molar-refractivity contribution in [1.29, 1.82) is 0 Å². The lowest BCUT2D eigenvalue weighted by molar-refractivity contribution is -0.149. The van der Waals surface area contributed by atoms with Crippen molar-refractivity contribution in [2.75, 3.05) is 13.7 Å². The van der Waals surface area contributed by atoms with Gasteiger partial charge >= 0.3 is 12.1 Å². The van der Waals surface area contributed by atoms with Crippen LogP contribution in [0, 0.1) is 12.0 Å². The summed E-state index contributed by atoms with van der Waals surface area (Å²) in [6.07, 6.45) is 1.55. The molecule has 1 atom stereocenters. The molecule has 0 heterocycles. The molecule has 0 aliphatic heterocycles. The molecule has 0 aliphatic rings. The number of methoxy groups -OCH3 is 1. The zero-order valence-electron chi connectivity index (χ0n) is 15.2. The summed E-state index contributed by atoms with van der Waals surface area (Å²) >= 11 is 0. The fraction of sp³-hybridized carbons (Fsp3) is 0.688. The topological polar surface area (TPSA) is 103 Å². The van der Waals surface area contributed by atoms with Crippen LogP contribution in [-0.2, 0) is 23.8 Å². The van der Waals surface area contributed by atoms with Gasteiger partial charge in [-0.3, -0.25) is 4.79 Å². The molecular weight excluding hydrogens is 316 g/mol. The Kier molecular flexibility index (Phi) is 8.10. The maximum absolute atomic E-state index is 12.4. The van der Waals surface area contributed by atoms with Gasteiger partial charge in [0, 0.05) is 6.92 Å². The molecule has 136 valence electrons. The van der Waals surface area contributed by atoms with E-state index in [1.165, 1.54) is 21.0 Å². The first-order valence-electron chi connectivity index (χ1n) is 7.36. The number of carbonyl (C=O) groups excluding carboxylic acids is 3. The lowest BCUT2D eigenvalue weighted by atomic mass is 10.1. The Labute approximate surface area is 142 Å². The molecule has 8 heteroatoms. The fourth-order valence-electron chi connectivity index (χ4n) is 1.53. The summed E-state index contributed by atoms with van der Waals surface area (Å²) in [5.74, 6) is 1.25. The molecule has 8 nitrogen and oxygen atoms in total.